The predicted molar refractivity (Wildman–Crippen MR) is 237 cm³/mol. The van der Waals surface area contributed by atoms with Crippen molar-refractivity contribution >= 4 is 28.6 Å². The highest BCUT2D eigenvalue weighted by Crippen LogP contribution is 2.67. The Morgan fingerprint density at radius 3 is 2.33 bits per heavy atom. The van der Waals surface area contributed by atoms with Crippen molar-refractivity contribution in [3.63, 3.8) is 0 Å². The van der Waals surface area contributed by atoms with Crippen LogP contribution in [-0.2, 0) is 32.3 Å². The Morgan fingerprint density at radius 2 is 1.57 bits per heavy atom. The summed E-state index contributed by atoms with van der Waals surface area (Å²) in [6.45, 7) is 14.2. The van der Waals surface area contributed by atoms with E-state index in [-0.39, 0.29) is 31.0 Å². The van der Waals surface area contributed by atoms with Crippen molar-refractivity contribution in [2.75, 3.05) is 13.2 Å². The molecular formula is C52H70N2O6. The first kappa shape index (κ1) is 44.1. The second-order valence-electron chi connectivity index (χ2n) is 19.9. The van der Waals surface area contributed by atoms with Crippen LogP contribution >= 0.6 is 0 Å². The molecule has 0 spiro atoms. The van der Waals surface area contributed by atoms with Crippen LogP contribution in [0.25, 0.3) is 10.8 Å². The lowest BCUT2D eigenvalue weighted by Crippen LogP contribution is -2.51. The number of ether oxygens (including phenoxy) is 1. The lowest BCUT2D eigenvalue weighted by atomic mass is 9.47. The SMILES string of the molecule is CC(C)CCC[C@@H](C)[C@H]1CCC2C3CC=C4CC(OC(=O)CCC(=O)ONC(=O)c5ccc(CN(CCO)Cc6ccc7ccccc7c6)cc5)CC[C@]4(C)C3CC[C@@]21C. The number of carbonyl (C=O) groups is 3. The fraction of sp³-hybridized carbons (Fsp3) is 0.596. The van der Waals surface area contributed by atoms with Crippen LogP contribution in [0, 0.1) is 46.3 Å². The average Bonchev–Trinajstić information content (AvgIpc) is 3.59. The molecule has 7 rings (SSSR count). The molecule has 8 heteroatoms. The predicted octanol–water partition coefficient (Wildman–Crippen LogP) is 10.8. The lowest BCUT2D eigenvalue weighted by Gasteiger charge is -2.58. The van der Waals surface area contributed by atoms with Crippen molar-refractivity contribution in [1.29, 1.82) is 0 Å². The minimum atomic E-state index is -0.689. The van der Waals surface area contributed by atoms with Gasteiger partial charge in [-0.05, 0) is 131 Å². The maximum absolute atomic E-state index is 12.9. The highest BCUT2D eigenvalue weighted by Gasteiger charge is 2.59. The zero-order valence-electron chi connectivity index (χ0n) is 36.9. The lowest BCUT2D eigenvalue weighted by molar-refractivity contribution is -0.157. The number of nitrogens with zero attached hydrogens (tertiary/aromatic N) is 1. The monoisotopic (exact) mass is 819 g/mol. The van der Waals surface area contributed by atoms with Gasteiger partial charge in [-0.1, -0.05) is 114 Å². The van der Waals surface area contributed by atoms with Crippen LogP contribution in [-0.4, -0.2) is 47.1 Å². The number of benzene rings is 3. The molecule has 3 aromatic carbocycles. The van der Waals surface area contributed by atoms with E-state index in [0.29, 0.717) is 36.5 Å². The van der Waals surface area contributed by atoms with Gasteiger partial charge in [0, 0.05) is 31.6 Å². The summed E-state index contributed by atoms with van der Waals surface area (Å²) in [6.07, 6.45) is 15.4. The minimum Gasteiger partial charge on any atom is -0.462 e. The number of fused-ring (bicyclic) bond motifs is 6. The van der Waals surface area contributed by atoms with Crippen LogP contribution < -0.4 is 5.48 Å². The molecule has 0 heterocycles. The summed E-state index contributed by atoms with van der Waals surface area (Å²) >= 11 is 0. The standard InChI is InChI=1S/C52H70N2O6/c1-35(2)9-8-10-36(3)45-21-22-46-44-20-19-42-32-43(25-27-51(42,4)47(44)26-28-52(45,46)5)59-48(56)23-24-49(57)60-53-50(58)40-17-13-37(14-18-40)33-54(29-30-55)34-38-15-16-39-11-6-7-12-41(39)31-38/h6-7,11-19,31,35-36,43-47,55H,8-10,20-30,32-34H2,1-5H3,(H,53,58)/t36-,43?,44?,45-,46?,47?,51+,52-/m1/s1. The number of nitrogens with one attached hydrogen (secondary N) is 1. The molecule has 0 aromatic heterocycles. The fourth-order valence-electron chi connectivity index (χ4n) is 12.4. The third-order valence-corrected chi connectivity index (χ3v) is 15.6. The molecule has 0 radical (unpaired) electrons. The Morgan fingerprint density at radius 1 is 0.833 bits per heavy atom. The van der Waals surface area contributed by atoms with Gasteiger partial charge < -0.3 is 14.7 Å². The molecule has 3 saturated carbocycles. The number of hydrogen-bond acceptors (Lipinski definition) is 7. The molecule has 3 fully saturated rings. The number of hydrogen-bond donors (Lipinski definition) is 2. The molecule has 8 nitrogen and oxygen atoms in total. The van der Waals surface area contributed by atoms with E-state index >= 15 is 0 Å². The number of esters is 1. The van der Waals surface area contributed by atoms with E-state index in [0.717, 1.165) is 66.4 Å². The first-order valence-corrected chi connectivity index (χ1v) is 23.1. The van der Waals surface area contributed by atoms with E-state index in [1.54, 1.807) is 12.1 Å². The number of amides is 1. The Hall–Kier alpha value is -4.01. The molecule has 8 atom stereocenters. The Labute approximate surface area is 358 Å². The summed E-state index contributed by atoms with van der Waals surface area (Å²) in [4.78, 5) is 45.5. The summed E-state index contributed by atoms with van der Waals surface area (Å²) in [7, 11) is 0. The first-order chi connectivity index (χ1) is 28.9. The van der Waals surface area contributed by atoms with Gasteiger partial charge in [0.05, 0.1) is 19.4 Å². The molecule has 2 N–H and O–H groups in total. The van der Waals surface area contributed by atoms with Crippen LogP contribution in [0.15, 0.2) is 78.4 Å². The smallest absolute Gasteiger partial charge is 0.332 e. The highest BCUT2D eigenvalue weighted by atomic mass is 16.7. The van der Waals surface area contributed by atoms with Gasteiger partial charge in [-0.2, -0.15) is 5.48 Å². The van der Waals surface area contributed by atoms with Gasteiger partial charge in [0.25, 0.3) is 5.91 Å². The van der Waals surface area contributed by atoms with E-state index in [9.17, 15) is 19.5 Å². The van der Waals surface area contributed by atoms with Crippen molar-refractivity contribution < 1.29 is 29.1 Å². The van der Waals surface area contributed by atoms with Crippen LogP contribution in [0.1, 0.15) is 140 Å². The second kappa shape index (κ2) is 19.4. The van der Waals surface area contributed by atoms with E-state index in [2.05, 4.69) is 81.4 Å². The van der Waals surface area contributed by atoms with E-state index in [4.69, 9.17) is 9.57 Å². The van der Waals surface area contributed by atoms with Crippen LogP contribution in [0.5, 0.6) is 0 Å². The number of allylic oxidation sites excluding steroid dienone is 1. The van der Waals surface area contributed by atoms with Crippen LogP contribution in [0.4, 0.5) is 0 Å². The molecule has 0 aliphatic heterocycles. The van der Waals surface area contributed by atoms with Gasteiger partial charge >= 0.3 is 11.9 Å². The van der Waals surface area contributed by atoms with Gasteiger partial charge in [0.15, 0.2) is 0 Å². The molecule has 0 bridgehead atoms. The maximum atomic E-state index is 12.9. The van der Waals surface area contributed by atoms with Crippen molar-refractivity contribution in [2.24, 2.45) is 46.3 Å². The second-order valence-corrected chi connectivity index (χ2v) is 19.9. The molecule has 3 aromatic rings. The Balaban J connectivity index is 0.831. The van der Waals surface area contributed by atoms with Crippen LogP contribution in [0.3, 0.4) is 0 Å². The van der Waals surface area contributed by atoms with E-state index in [1.165, 1.54) is 61.3 Å². The van der Waals surface area contributed by atoms with Gasteiger partial charge in [0.2, 0.25) is 0 Å². The largest absolute Gasteiger partial charge is 0.462 e. The fourth-order valence-corrected chi connectivity index (χ4v) is 12.4. The topological polar surface area (TPSA) is 105 Å². The number of aliphatic hydroxyl groups excluding tert-OH is 1. The third-order valence-electron chi connectivity index (χ3n) is 15.6. The zero-order valence-corrected chi connectivity index (χ0v) is 36.9. The summed E-state index contributed by atoms with van der Waals surface area (Å²) < 4.78 is 5.95. The van der Waals surface area contributed by atoms with Crippen LogP contribution in [0.2, 0.25) is 0 Å². The minimum absolute atomic E-state index is 0.0368. The number of rotatable bonds is 16. The Kier molecular flexibility index (Phi) is 14.2. The number of carbonyl (C=O) groups excluding carboxylic acids is 3. The summed E-state index contributed by atoms with van der Waals surface area (Å²) in [5.74, 6) is 3.10. The Bertz CT molecular complexity index is 1990. The third kappa shape index (κ3) is 10.0. The van der Waals surface area contributed by atoms with Gasteiger partial charge in [-0.3, -0.25) is 14.5 Å². The van der Waals surface area contributed by atoms with E-state index in [1.807, 2.05) is 24.3 Å². The van der Waals surface area contributed by atoms with Crippen molar-refractivity contribution in [3.05, 3.63) is 95.1 Å². The van der Waals surface area contributed by atoms with Crippen molar-refractivity contribution in [1.82, 2.24) is 10.4 Å². The van der Waals surface area contributed by atoms with Crippen molar-refractivity contribution in [3.8, 4) is 0 Å². The average molecular weight is 819 g/mol. The molecule has 4 unspecified atom stereocenters. The van der Waals surface area contributed by atoms with Crippen molar-refractivity contribution in [2.45, 2.75) is 137 Å². The summed E-state index contributed by atoms with van der Waals surface area (Å²) in [5.41, 5.74) is 6.84. The van der Waals surface area contributed by atoms with E-state index < -0.39 is 17.8 Å². The van der Waals surface area contributed by atoms with Gasteiger partial charge in [0.1, 0.15) is 6.10 Å². The molecule has 0 saturated heterocycles. The molecule has 60 heavy (non-hydrogen) atoms. The highest BCUT2D eigenvalue weighted by molar-refractivity contribution is 5.94. The quantitative estimate of drug-likeness (QED) is 0.0842. The maximum Gasteiger partial charge on any atom is 0.332 e. The normalized spacial score (nSPS) is 27.7. The number of hydroxylamine groups is 1. The van der Waals surface area contributed by atoms with Gasteiger partial charge in [-0.25, -0.2) is 4.79 Å². The summed E-state index contributed by atoms with van der Waals surface area (Å²) in [5, 5.41) is 12.1. The summed E-state index contributed by atoms with van der Waals surface area (Å²) in [6, 6.07) is 21.7. The molecule has 324 valence electrons. The number of aliphatic hydroxyl groups is 1. The first-order valence-electron chi connectivity index (χ1n) is 23.1. The molecular weight excluding hydrogens is 749 g/mol. The molecule has 1 amide bonds. The van der Waals surface area contributed by atoms with Gasteiger partial charge in [-0.15, -0.1) is 0 Å². The zero-order chi connectivity index (χ0) is 42.4. The molecule has 4 aliphatic carbocycles. The molecule has 4 aliphatic rings.